The van der Waals surface area contributed by atoms with Gasteiger partial charge in [0.1, 0.15) is 19.0 Å². The van der Waals surface area contributed by atoms with Gasteiger partial charge >= 0.3 is 6.03 Å². The van der Waals surface area contributed by atoms with Crippen molar-refractivity contribution in [1.29, 1.82) is 0 Å². The van der Waals surface area contributed by atoms with Gasteiger partial charge in [0.25, 0.3) is 0 Å². The van der Waals surface area contributed by atoms with E-state index in [1.54, 1.807) is 37.3 Å². The van der Waals surface area contributed by atoms with Gasteiger partial charge in [0.05, 0.1) is 12.0 Å². The maximum atomic E-state index is 13.5. The van der Waals surface area contributed by atoms with E-state index in [0.29, 0.717) is 60.8 Å². The molecule has 3 heterocycles. The van der Waals surface area contributed by atoms with E-state index >= 15 is 0 Å². The Bertz CT molecular complexity index is 1270. The molecule has 0 bridgehead atoms. The summed E-state index contributed by atoms with van der Waals surface area (Å²) >= 11 is 0. The van der Waals surface area contributed by atoms with Crippen molar-refractivity contribution in [3.05, 3.63) is 54.2 Å². The number of hydrogen-bond donors (Lipinski definition) is 2. The zero-order valence-corrected chi connectivity index (χ0v) is 19.7. The summed E-state index contributed by atoms with van der Waals surface area (Å²) in [5.41, 5.74) is 1.02. The lowest BCUT2D eigenvalue weighted by molar-refractivity contribution is -0.125. The molecule has 0 radical (unpaired) electrons. The third-order valence-corrected chi connectivity index (χ3v) is 6.29. The first-order valence-corrected chi connectivity index (χ1v) is 11.8. The average Bonchev–Trinajstić information content (AvgIpc) is 3.39. The normalized spacial score (nSPS) is 18.3. The highest BCUT2D eigenvalue weighted by Crippen LogP contribution is 2.32. The Morgan fingerprint density at radius 3 is 2.81 bits per heavy atom. The third-order valence-electron chi connectivity index (χ3n) is 6.29. The van der Waals surface area contributed by atoms with Crippen LogP contribution in [0.4, 0.5) is 14.9 Å². The smallest absolute Gasteiger partial charge is 0.325 e. The van der Waals surface area contributed by atoms with Gasteiger partial charge in [-0.25, -0.2) is 9.18 Å². The number of benzene rings is 2. The Balaban J connectivity index is 1.17. The van der Waals surface area contributed by atoms with Crippen LogP contribution in [0.2, 0.25) is 0 Å². The molecule has 3 aromatic rings. The number of fused-ring (bicyclic) bond motifs is 1. The third kappa shape index (κ3) is 5.30. The molecule has 1 aromatic heterocycles. The number of nitrogens with one attached hydrogen (secondary N) is 2. The summed E-state index contributed by atoms with van der Waals surface area (Å²) in [6.45, 7) is 3.87. The van der Waals surface area contributed by atoms with E-state index in [4.69, 9.17) is 14.0 Å². The number of aromatic nitrogens is 2. The van der Waals surface area contributed by atoms with Crippen molar-refractivity contribution in [3.63, 3.8) is 0 Å². The van der Waals surface area contributed by atoms with E-state index in [1.807, 2.05) is 4.90 Å². The molecule has 2 unspecified atom stereocenters. The van der Waals surface area contributed by atoms with Crippen LogP contribution in [0.1, 0.15) is 31.6 Å². The monoisotopic (exact) mass is 495 g/mol. The van der Waals surface area contributed by atoms with Gasteiger partial charge in [-0.2, -0.15) is 4.98 Å². The van der Waals surface area contributed by atoms with Gasteiger partial charge in [0.15, 0.2) is 11.5 Å². The molecule has 10 nitrogen and oxygen atoms in total. The van der Waals surface area contributed by atoms with Gasteiger partial charge < -0.3 is 19.3 Å². The van der Waals surface area contributed by atoms with E-state index in [1.165, 1.54) is 12.1 Å². The standard InChI is InChI=1S/C25H26FN5O5/c1-15(23(32)29-25(33)27-19-7-8-20-21(13-19)35-11-10-34-20)31-9-3-5-17(14-31)24-28-22(30-36-24)16-4-2-6-18(26)12-16/h2,4,6-8,12-13,15,17H,3,5,9-11,14H2,1H3,(H2,27,29,32,33). The average molecular weight is 496 g/mol. The molecule has 2 aliphatic rings. The number of carbonyl (C=O) groups excluding carboxylic acids is 2. The second-order valence-electron chi connectivity index (χ2n) is 8.78. The number of piperidine rings is 1. The highest BCUT2D eigenvalue weighted by atomic mass is 19.1. The van der Waals surface area contributed by atoms with Gasteiger partial charge in [-0.05, 0) is 50.6 Å². The summed E-state index contributed by atoms with van der Waals surface area (Å²) in [6.07, 6.45) is 1.64. The summed E-state index contributed by atoms with van der Waals surface area (Å²) in [7, 11) is 0. The minimum Gasteiger partial charge on any atom is -0.486 e. The fourth-order valence-corrected chi connectivity index (χ4v) is 4.37. The predicted octanol–water partition coefficient (Wildman–Crippen LogP) is 3.56. The molecule has 1 saturated heterocycles. The van der Waals surface area contributed by atoms with Crippen molar-refractivity contribution in [2.24, 2.45) is 0 Å². The van der Waals surface area contributed by atoms with Gasteiger partial charge in [0.2, 0.25) is 17.6 Å². The molecule has 2 N–H and O–H groups in total. The van der Waals surface area contributed by atoms with Crippen molar-refractivity contribution in [1.82, 2.24) is 20.4 Å². The minimum absolute atomic E-state index is 0.0737. The Morgan fingerprint density at radius 1 is 1.14 bits per heavy atom. The summed E-state index contributed by atoms with van der Waals surface area (Å²) in [6, 6.07) is 9.87. The van der Waals surface area contributed by atoms with Crippen LogP contribution < -0.4 is 20.1 Å². The molecule has 5 rings (SSSR count). The number of amides is 3. The van der Waals surface area contributed by atoms with Crippen LogP contribution in [-0.4, -0.2) is 59.3 Å². The Kier molecular flexibility index (Phi) is 6.81. The SMILES string of the molecule is CC(C(=O)NC(=O)Nc1ccc2c(c1)OCCO2)N1CCCC(c2nc(-c3cccc(F)c3)no2)C1. The second-order valence-corrected chi connectivity index (χ2v) is 8.78. The van der Waals surface area contributed by atoms with E-state index in [9.17, 15) is 14.0 Å². The van der Waals surface area contributed by atoms with Crippen molar-refractivity contribution < 1.29 is 28.0 Å². The maximum Gasteiger partial charge on any atom is 0.325 e. The van der Waals surface area contributed by atoms with Gasteiger partial charge in [-0.3, -0.25) is 15.0 Å². The number of anilines is 1. The predicted molar refractivity (Wildman–Crippen MR) is 127 cm³/mol. The van der Waals surface area contributed by atoms with Gasteiger partial charge in [-0.1, -0.05) is 17.3 Å². The minimum atomic E-state index is -0.631. The van der Waals surface area contributed by atoms with Crippen LogP contribution in [0.15, 0.2) is 47.0 Å². The topological polar surface area (TPSA) is 119 Å². The highest BCUT2D eigenvalue weighted by Gasteiger charge is 2.31. The Morgan fingerprint density at radius 2 is 1.97 bits per heavy atom. The summed E-state index contributed by atoms with van der Waals surface area (Å²) in [5.74, 6) is 1.05. The lowest BCUT2D eigenvalue weighted by atomic mass is 9.96. The molecule has 0 spiro atoms. The van der Waals surface area contributed by atoms with Crippen LogP contribution in [0.5, 0.6) is 11.5 Å². The first-order valence-electron chi connectivity index (χ1n) is 11.8. The number of urea groups is 1. The van der Waals surface area contributed by atoms with E-state index in [2.05, 4.69) is 20.8 Å². The zero-order chi connectivity index (χ0) is 25.1. The number of likely N-dealkylation sites (tertiary alicyclic amines) is 1. The zero-order valence-electron chi connectivity index (χ0n) is 19.7. The molecule has 36 heavy (non-hydrogen) atoms. The number of carbonyl (C=O) groups is 2. The first-order chi connectivity index (χ1) is 17.5. The van der Waals surface area contributed by atoms with Crippen molar-refractivity contribution in [2.75, 3.05) is 31.6 Å². The molecular weight excluding hydrogens is 469 g/mol. The van der Waals surface area contributed by atoms with Crippen LogP contribution in [0.3, 0.4) is 0 Å². The van der Waals surface area contributed by atoms with Crippen LogP contribution in [0.25, 0.3) is 11.4 Å². The molecule has 188 valence electrons. The largest absolute Gasteiger partial charge is 0.486 e. The Labute approximate surface area is 206 Å². The van der Waals surface area contributed by atoms with Crippen molar-refractivity contribution in [2.45, 2.75) is 31.7 Å². The molecule has 2 aromatic carbocycles. The maximum absolute atomic E-state index is 13.5. The van der Waals surface area contributed by atoms with E-state index < -0.39 is 18.0 Å². The summed E-state index contributed by atoms with van der Waals surface area (Å²) in [5, 5.41) is 9.05. The lowest BCUT2D eigenvalue weighted by Crippen LogP contribution is -2.50. The number of halogens is 1. The second kappa shape index (κ2) is 10.3. The van der Waals surface area contributed by atoms with E-state index in [-0.39, 0.29) is 11.7 Å². The fraction of sp³-hybridized carbons (Fsp3) is 0.360. The first kappa shape index (κ1) is 23.7. The number of rotatable bonds is 5. The van der Waals surface area contributed by atoms with Gasteiger partial charge in [-0.15, -0.1) is 0 Å². The summed E-state index contributed by atoms with van der Waals surface area (Å²) in [4.78, 5) is 31.7. The lowest BCUT2D eigenvalue weighted by Gasteiger charge is -2.34. The quantitative estimate of drug-likeness (QED) is 0.552. The van der Waals surface area contributed by atoms with E-state index in [0.717, 1.165) is 12.8 Å². The number of ether oxygens (including phenoxy) is 2. The molecule has 2 aliphatic heterocycles. The summed E-state index contributed by atoms with van der Waals surface area (Å²) < 4.78 is 30.0. The molecule has 1 fully saturated rings. The molecular formula is C25H26FN5O5. The van der Waals surface area contributed by atoms with Crippen LogP contribution in [0, 0.1) is 5.82 Å². The van der Waals surface area contributed by atoms with Crippen LogP contribution >= 0.6 is 0 Å². The number of nitrogens with zero attached hydrogens (tertiary/aromatic N) is 3. The molecule has 2 atom stereocenters. The Hall–Kier alpha value is -3.99. The molecule has 11 heteroatoms. The number of hydrogen-bond acceptors (Lipinski definition) is 8. The fourth-order valence-electron chi connectivity index (χ4n) is 4.37. The van der Waals surface area contributed by atoms with Crippen molar-refractivity contribution >= 4 is 17.6 Å². The number of imide groups is 1. The molecule has 0 saturated carbocycles. The van der Waals surface area contributed by atoms with Crippen molar-refractivity contribution in [3.8, 4) is 22.9 Å². The van der Waals surface area contributed by atoms with Crippen LogP contribution in [-0.2, 0) is 4.79 Å². The molecule has 3 amide bonds. The highest BCUT2D eigenvalue weighted by molar-refractivity contribution is 6.02. The molecule has 0 aliphatic carbocycles. The van der Waals surface area contributed by atoms with Gasteiger partial charge in [0, 0.05) is 23.9 Å².